The lowest BCUT2D eigenvalue weighted by molar-refractivity contribution is -0.128. The van der Waals surface area contributed by atoms with E-state index in [0.717, 1.165) is 0 Å². The van der Waals surface area contributed by atoms with E-state index >= 15 is 0 Å². The number of carbonyl (C=O) groups is 4. The van der Waals surface area contributed by atoms with Crippen LogP contribution in [0.3, 0.4) is 0 Å². The van der Waals surface area contributed by atoms with E-state index < -0.39 is 24.0 Å². The van der Waals surface area contributed by atoms with Gasteiger partial charge in [0.05, 0.1) is 12.6 Å². The van der Waals surface area contributed by atoms with Crippen LogP contribution in [0.5, 0.6) is 0 Å². The molecule has 1 aromatic rings. The highest BCUT2D eigenvalue weighted by atomic mass is 16.5. The van der Waals surface area contributed by atoms with Crippen LogP contribution in [-0.2, 0) is 20.9 Å². The third-order valence-corrected chi connectivity index (χ3v) is 5.21. The minimum absolute atomic E-state index is 0.00293. The molecular weight excluding hydrogens is 454 g/mol. The van der Waals surface area contributed by atoms with E-state index in [1.807, 2.05) is 13.8 Å². The fraction of sp³-hybridized carbons (Fsp3) is 0.565. The van der Waals surface area contributed by atoms with Crippen LogP contribution in [0.15, 0.2) is 18.2 Å². The van der Waals surface area contributed by atoms with Gasteiger partial charge in [-0.3, -0.25) is 14.4 Å². The zero-order chi connectivity index (χ0) is 26.4. The topological polar surface area (TPSA) is 190 Å². The number of likely N-dealkylation sites (N-methyl/N-ethyl adjacent to an activating group) is 1. The lowest BCUT2D eigenvalue weighted by atomic mass is 10.0. The van der Waals surface area contributed by atoms with Crippen molar-refractivity contribution >= 4 is 29.4 Å². The second kappa shape index (κ2) is 15.6. The van der Waals surface area contributed by atoms with E-state index in [2.05, 4.69) is 26.6 Å². The van der Waals surface area contributed by atoms with Gasteiger partial charge in [0.1, 0.15) is 6.04 Å². The molecular formula is C23H39N7O5. The molecule has 1 aromatic carbocycles. The van der Waals surface area contributed by atoms with Crippen LogP contribution in [0.1, 0.15) is 42.6 Å². The van der Waals surface area contributed by atoms with Crippen molar-refractivity contribution in [1.29, 1.82) is 0 Å². The molecule has 0 aliphatic heterocycles. The average Bonchev–Trinajstić information content (AvgIpc) is 2.80. The van der Waals surface area contributed by atoms with Crippen molar-refractivity contribution in [3.05, 3.63) is 29.3 Å². The molecule has 9 N–H and O–H groups in total. The molecule has 35 heavy (non-hydrogen) atoms. The number of hydrogen-bond acceptors (Lipinski definition) is 7. The Labute approximate surface area is 206 Å². The average molecular weight is 494 g/mol. The Morgan fingerprint density at radius 1 is 1.06 bits per heavy atom. The van der Waals surface area contributed by atoms with Crippen molar-refractivity contribution in [1.82, 2.24) is 21.3 Å². The van der Waals surface area contributed by atoms with E-state index in [9.17, 15) is 19.2 Å². The summed E-state index contributed by atoms with van der Waals surface area (Å²) >= 11 is 0. The largest absolute Gasteiger partial charge is 0.380 e. The Morgan fingerprint density at radius 2 is 1.77 bits per heavy atom. The molecule has 12 heteroatoms. The number of nitrogens with one attached hydrogen (secondary N) is 5. The second-order valence-electron chi connectivity index (χ2n) is 8.34. The van der Waals surface area contributed by atoms with E-state index in [1.54, 1.807) is 25.2 Å². The van der Waals surface area contributed by atoms with Gasteiger partial charge in [0.2, 0.25) is 11.8 Å². The third kappa shape index (κ3) is 10.3. The predicted molar refractivity (Wildman–Crippen MR) is 134 cm³/mol. The Kier molecular flexibility index (Phi) is 13.3. The van der Waals surface area contributed by atoms with Gasteiger partial charge in [0.15, 0.2) is 0 Å². The summed E-state index contributed by atoms with van der Waals surface area (Å²) in [6.07, 6.45) is 0.671. The van der Waals surface area contributed by atoms with Gasteiger partial charge in [-0.25, -0.2) is 4.79 Å². The van der Waals surface area contributed by atoms with Crippen LogP contribution < -0.4 is 38.1 Å². The summed E-state index contributed by atoms with van der Waals surface area (Å²) in [5.41, 5.74) is 11.9. The normalized spacial score (nSPS) is 12.5. The summed E-state index contributed by atoms with van der Waals surface area (Å²) in [6, 6.07) is 2.87. The maximum Gasteiger partial charge on any atom is 0.312 e. The Balaban J connectivity index is 3.07. The fourth-order valence-electron chi connectivity index (χ4n) is 3.47. The summed E-state index contributed by atoms with van der Waals surface area (Å²) in [5.74, 6) is -1.11. The number of anilines is 1. The quantitative estimate of drug-likeness (QED) is 0.162. The molecule has 0 aromatic heterocycles. The van der Waals surface area contributed by atoms with Crippen LogP contribution in [0.25, 0.3) is 0 Å². The smallest absolute Gasteiger partial charge is 0.312 e. The summed E-state index contributed by atoms with van der Waals surface area (Å²) in [5, 5.41) is 13.7. The van der Waals surface area contributed by atoms with Crippen LogP contribution in [0, 0.1) is 5.92 Å². The van der Waals surface area contributed by atoms with Crippen LogP contribution in [0.2, 0.25) is 0 Å². The van der Waals surface area contributed by atoms with E-state index in [-0.39, 0.29) is 43.8 Å². The number of carbonyl (C=O) groups excluding carboxylic acids is 4. The molecule has 1 rings (SSSR count). The number of urea groups is 1. The highest BCUT2D eigenvalue weighted by molar-refractivity contribution is 6.00. The molecule has 0 aliphatic carbocycles. The van der Waals surface area contributed by atoms with Gasteiger partial charge in [-0.2, -0.15) is 0 Å². The zero-order valence-electron chi connectivity index (χ0n) is 20.9. The highest BCUT2D eigenvalue weighted by Crippen LogP contribution is 2.18. The first kappa shape index (κ1) is 29.8. The zero-order valence-corrected chi connectivity index (χ0v) is 20.9. The van der Waals surface area contributed by atoms with Crippen LogP contribution >= 0.6 is 0 Å². The minimum atomic E-state index is -0.875. The number of amides is 5. The van der Waals surface area contributed by atoms with E-state index in [1.165, 1.54) is 7.11 Å². The van der Waals surface area contributed by atoms with Gasteiger partial charge in [-0.05, 0) is 43.5 Å². The fourth-order valence-corrected chi connectivity index (χ4v) is 3.47. The highest BCUT2D eigenvalue weighted by Gasteiger charge is 2.26. The van der Waals surface area contributed by atoms with Crippen molar-refractivity contribution in [2.24, 2.45) is 17.4 Å². The Hall–Kier alpha value is -3.22. The maximum absolute atomic E-state index is 13.1. The Bertz CT molecular complexity index is 863. The number of benzene rings is 1. The molecule has 0 unspecified atom stereocenters. The SMILES string of the molecule is CN[C@H](C(=O)N[C@@H](CCCNC(N)=O)C(=O)Nc1ccc(COC)c(C(=O)NCCN)c1)C(C)C. The first-order chi connectivity index (χ1) is 16.6. The van der Waals surface area contributed by atoms with Crippen molar-refractivity contribution in [3.8, 4) is 0 Å². The molecule has 0 heterocycles. The summed E-state index contributed by atoms with van der Waals surface area (Å²) in [6.45, 7) is 4.85. The lowest BCUT2D eigenvalue weighted by Gasteiger charge is -2.24. The Morgan fingerprint density at radius 3 is 2.34 bits per heavy atom. The molecule has 0 aliphatic rings. The number of ether oxygens (including phenoxy) is 1. The molecule has 2 atom stereocenters. The molecule has 0 radical (unpaired) electrons. The van der Waals surface area contributed by atoms with Crippen LogP contribution in [-0.4, -0.2) is 69.6 Å². The molecule has 0 saturated carbocycles. The minimum Gasteiger partial charge on any atom is -0.380 e. The van der Waals surface area contributed by atoms with Gasteiger partial charge in [-0.15, -0.1) is 0 Å². The number of nitrogens with two attached hydrogens (primary N) is 2. The van der Waals surface area contributed by atoms with Crippen molar-refractivity contribution in [3.63, 3.8) is 0 Å². The summed E-state index contributed by atoms with van der Waals surface area (Å²) in [4.78, 5) is 49.4. The summed E-state index contributed by atoms with van der Waals surface area (Å²) in [7, 11) is 3.20. The number of rotatable bonds is 15. The molecule has 0 fully saturated rings. The summed E-state index contributed by atoms with van der Waals surface area (Å²) < 4.78 is 5.17. The van der Waals surface area contributed by atoms with Crippen molar-refractivity contribution in [2.75, 3.05) is 39.1 Å². The van der Waals surface area contributed by atoms with Crippen molar-refractivity contribution in [2.45, 2.75) is 45.4 Å². The van der Waals surface area contributed by atoms with Crippen molar-refractivity contribution < 1.29 is 23.9 Å². The van der Waals surface area contributed by atoms with E-state index in [4.69, 9.17) is 16.2 Å². The predicted octanol–water partition coefficient (Wildman–Crippen LogP) is -0.363. The van der Waals surface area contributed by atoms with Gasteiger partial charge in [0, 0.05) is 38.0 Å². The van der Waals surface area contributed by atoms with Gasteiger partial charge in [-0.1, -0.05) is 19.9 Å². The third-order valence-electron chi connectivity index (χ3n) is 5.21. The molecule has 196 valence electrons. The number of hydrogen-bond donors (Lipinski definition) is 7. The van der Waals surface area contributed by atoms with Gasteiger partial charge < -0.3 is 42.8 Å². The van der Waals surface area contributed by atoms with Gasteiger partial charge in [0.25, 0.3) is 5.91 Å². The van der Waals surface area contributed by atoms with Crippen LogP contribution in [0.4, 0.5) is 10.5 Å². The number of methoxy groups -OCH3 is 1. The number of primary amides is 1. The monoisotopic (exact) mass is 493 g/mol. The standard InChI is InChI=1S/C23H39N7O5/c1-14(2)19(26-3)22(33)30-18(6-5-10-28-23(25)34)21(32)29-16-8-7-15(13-35-4)17(12-16)20(31)27-11-9-24/h7-8,12,14,18-19,26H,5-6,9-11,13,24H2,1-4H3,(H,27,31)(H,29,32)(H,30,33)(H3,25,28,34)/t18-,19-/m0/s1. The first-order valence-electron chi connectivity index (χ1n) is 11.6. The molecule has 0 spiro atoms. The maximum atomic E-state index is 13.1. The second-order valence-corrected chi connectivity index (χ2v) is 8.34. The molecule has 0 bridgehead atoms. The lowest BCUT2D eigenvalue weighted by Crippen LogP contribution is -2.52. The molecule has 5 amide bonds. The first-order valence-corrected chi connectivity index (χ1v) is 11.6. The molecule has 0 saturated heterocycles. The molecule has 12 nitrogen and oxygen atoms in total. The van der Waals surface area contributed by atoms with E-state index in [0.29, 0.717) is 29.8 Å². The van der Waals surface area contributed by atoms with Gasteiger partial charge >= 0.3 is 6.03 Å².